The third kappa shape index (κ3) is 5.22. The van der Waals surface area contributed by atoms with Gasteiger partial charge in [0.25, 0.3) is 0 Å². The number of carbonyl (C=O) groups excluding carboxylic acids is 1. The van der Waals surface area contributed by atoms with Crippen LogP contribution in [0.15, 0.2) is 24.3 Å². The van der Waals surface area contributed by atoms with Crippen LogP contribution in [0.25, 0.3) is 0 Å². The summed E-state index contributed by atoms with van der Waals surface area (Å²) in [5.74, 6) is 1.08. The highest BCUT2D eigenvalue weighted by atomic mass is 16.5. The standard InChI is InChI=1S/C18H27NO4/c1-21-12-13-23-11-9-18(20)19-10-5-7-16(19)14-15-6-3-4-8-17(15)22-2/h3-4,6,8,16H,5,7,9-14H2,1-2H3/t16-/m0/s1. The number of nitrogens with zero attached hydrogens (tertiary/aromatic N) is 1. The Kier molecular flexibility index (Phi) is 7.36. The first-order valence-corrected chi connectivity index (χ1v) is 8.24. The highest BCUT2D eigenvalue weighted by Gasteiger charge is 2.29. The molecule has 1 heterocycles. The van der Waals surface area contributed by atoms with Gasteiger partial charge in [-0.25, -0.2) is 0 Å². The number of carbonyl (C=O) groups is 1. The van der Waals surface area contributed by atoms with Crippen LogP contribution in [-0.2, 0) is 20.7 Å². The Balaban J connectivity index is 1.85. The highest BCUT2D eigenvalue weighted by molar-refractivity contribution is 5.77. The number of hydrogen-bond donors (Lipinski definition) is 0. The summed E-state index contributed by atoms with van der Waals surface area (Å²) in [6.45, 7) is 2.40. The van der Waals surface area contributed by atoms with E-state index in [4.69, 9.17) is 14.2 Å². The van der Waals surface area contributed by atoms with Gasteiger partial charge in [-0.2, -0.15) is 0 Å². The number of benzene rings is 1. The molecule has 1 aromatic carbocycles. The average Bonchev–Trinajstić information content (AvgIpc) is 3.03. The van der Waals surface area contributed by atoms with Crippen LogP contribution in [0.2, 0.25) is 0 Å². The molecule has 0 aliphatic carbocycles. The van der Waals surface area contributed by atoms with E-state index in [1.54, 1.807) is 14.2 Å². The van der Waals surface area contributed by atoms with Crippen LogP contribution in [0.1, 0.15) is 24.8 Å². The van der Waals surface area contributed by atoms with Gasteiger partial charge >= 0.3 is 0 Å². The fourth-order valence-electron chi connectivity index (χ4n) is 3.05. The van der Waals surface area contributed by atoms with Crippen molar-refractivity contribution in [2.75, 3.05) is 40.6 Å². The number of likely N-dealkylation sites (tertiary alicyclic amines) is 1. The zero-order valence-electron chi connectivity index (χ0n) is 14.1. The molecule has 1 saturated heterocycles. The SMILES string of the molecule is COCCOCCC(=O)N1CCC[C@H]1Cc1ccccc1OC. The van der Waals surface area contributed by atoms with Crippen LogP contribution in [0.3, 0.4) is 0 Å². The molecule has 0 saturated carbocycles. The van der Waals surface area contributed by atoms with Crippen molar-refractivity contribution in [1.82, 2.24) is 4.90 Å². The Hall–Kier alpha value is -1.59. The first-order chi connectivity index (χ1) is 11.3. The van der Waals surface area contributed by atoms with E-state index in [9.17, 15) is 4.79 Å². The molecule has 23 heavy (non-hydrogen) atoms. The minimum absolute atomic E-state index is 0.180. The van der Waals surface area contributed by atoms with Gasteiger partial charge in [0.2, 0.25) is 5.91 Å². The molecule has 1 atom stereocenters. The third-order valence-electron chi connectivity index (χ3n) is 4.24. The molecule has 128 valence electrons. The summed E-state index contributed by atoms with van der Waals surface area (Å²) in [5.41, 5.74) is 1.16. The van der Waals surface area contributed by atoms with E-state index in [1.165, 1.54) is 0 Å². The van der Waals surface area contributed by atoms with Crippen LogP contribution in [0.4, 0.5) is 0 Å². The van der Waals surface area contributed by atoms with Crippen LogP contribution in [0.5, 0.6) is 5.75 Å². The van der Waals surface area contributed by atoms with E-state index in [0.29, 0.717) is 26.2 Å². The fourth-order valence-corrected chi connectivity index (χ4v) is 3.05. The molecule has 0 aromatic heterocycles. The van der Waals surface area contributed by atoms with E-state index >= 15 is 0 Å². The van der Waals surface area contributed by atoms with Crippen LogP contribution in [-0.4, -0.2) is 57.4 Å². The zero-order chi connectivity index (χ0) is 16.5. The molecule has 0 unspecified atom stereocenters. The van der Waals surface area contributed by atoms with Crippen molar-refractivity contribution in [2.24, 2.45) is 0 Å². The molecule has 0 spiro atoms. The normalized spacial score (nSPS) is 17.5. The molecule has 5 nitrogen and oxygen atoms in total. The van der Waals surface area contributed by atoms with Gasteiger partial charge in [0.15, 0.2) is 0 Å². The molecular weight excluding hydrogens is 294 g/mol. The van der Waals surface area contributed by atoms with E-state index < -0.39 is 0 Å². The number of methoxy groups -OCH3 is 2. The topological polar surface area (TPSA) is 48.0 Å². The number of hydrogen-bond acceptors (Lipinski definition) is 4. The molecule has 1 aliphatic rings. The Morgan fingerprint density at radius 2 is 2.04 bits per heavy atom. The first kappa shape index (κ1) is 17.8. The van der Waals surface area contributed by atoms with Gasteiger partial charge in [-0.1, -0.05) is 18.2 Å². The lowest BCUT2D eigenvalue weighted by molar-refractivity contribution is -0.133. The number of amides is 1. The largest absolute Gasteiger partial charge is 0.496 e. The molecule has 2 rings (SSSR count). The molecule has 1 fully saturated rings. The predicted octanol–water partition coefficient (Wildman–Crippen LogP) is 2.28. The summed E-state index contributed by atoms with van der Waals surface area (Å²) in [5, 5.41) is 0. The molecular formula is C18H27NO4. The third-order valence-corrected chi connectivity index (χ3v) is 4.24. The van der Waals surface area contributed by atoms with Gasteiger partial charge in [-0.05, 0) is 30.9 Å². The summed E-state index contributed by atoms with van der Waals surface area (Å²) in [4.78, 5) is 14.4. The molecule has 0 radical (unpaired) electrons. The van der Waals surface area contributed by atoms with E-state index in [-0.39, 0.29) is 11.9 Å². The molecule has 1 aromatic rings. The van der Waals surface area contributed by atoms with Gasteiger partial charge in [-0.15, -0.1) is 0 Å². The molecule has 1 aliphatic heterocycles. The van der Waals surface area contributed by atoms with Crippen molar-refractivity contribution in [1.29, 1.82) is 0 Å². The monoisotopic (exact) mass is 321 g/mol. The van der Waals surface area contributed by atoms with Gasteiger partial charge in [0.05, 0.1) is 33.4 Å². The zero-order valence-corrected chi connectivity index (χ0v) is 14.1. The Labute approximate surface area is 138 Å². The Bertz CT molecular complexity index is 492. The smallest absolute Gasteiger partial charge is 0.225 e. The van der Waals surface area contributed by atoms with Crippen LogP contribution in [0, 0.1) is 0 Å². The van der Waals surface area contributed by atoms with Crippen molar-refractivity contribution in [3.05, 3.63) is 29.8 Å². The average molecular weight is 321 g/mol. The van der Waals surface area contributed by atoms with Gasteiger partial charge in [-0.3, -0.25) is 4.79 Å². The lowest BCUT2D eigenvalue weighted by Gasteiger charge is -2.25. The second-order valence-electron chi connectivity index (χ2n) is 5.75. The maximum Gasteiger partial charge on any atom is 0.225 e. The van der Waals surface area contributed by atoms with Gasteiger partial charge in [0, 0.05) is 19.7 Å². The quantitative estimate of drug-likeness (QED) is 0.655. The van der Waals surface area contributed by atoms with Gasteiger partial charge < -0.3 is 19.1 Å². The Morgan fingerprint density at radius 1 is 1.22 bits per heavy atom. The molecule has 0 bridgehead atoms. The summed E-state index contributed by atoms with van der Waals surface area (Å²) in [6, 6.07) is 8.30. The van der Waals surface area contributed by atoms with Crippen molar-refractivity contribution in [3.63, 3.8) is 0 Å². The maximum absolute atomic E-state index is 12.4. The van der Waals surface area contributed by atoms with E-state index in [2.05, 4.69) is 6.07 Å². The molecule has 0 N–H and O–H groups in total. The first-order valence-electron chi connectivity index (χ1n) is 8.24. The minimum atomic E-state index is 0.180. The summed E-state index contributed by atoms with van der Waals surface area (Å²) >= 11 is 0. The lowest BCUT2D eigenvalue weighted by Crippen LogP contribution is -2.37. The summed E-state index contributed by atoms with van der Waals surface area (Å²) in [7, 11) is 3.33. The van der Waals surface area contributed by atoms with E-state index in [0.717, 1.165) is 37.1 Å². The van der Waals surface area contributed by atoms with Crippen molar-refractivity contribution < 1.29 is 19.0 Å². The van der Waals surface area contributed by atoms with Crippen molar-refractivity contribution in [3.8, 4) is 5.75 Å². The highest BCUT2D eigenvalue weighted by Crippen LogP contribution is 2.26. The number of rotatable bonds is 9. The fraction of sp³-hybridized carbons (Fsp3) is 0.611. The maximum atomic E-state index is 12.4. The number of ether oxygens (including phenoxy) is 3. The predicted molar refractivity (Wildman–Crippen MR) is 88.7 cm³/mol. The van der Waals surface area contributed by atoms with Crippen LogP contribution < -0.4 is 4.74 Å². The number of para-hydroxylation sites is 1. The molecule has 5 heteroatoms. The van der Waals surface area contributed by atoms with Crippen molar-refractivity contribution >= 4 is 5.91 Å². The van der Waals surface area contributed by atoms with Gasteiger partial charge in [0.1, 0.15) is 5.75 Å². The second kappa shape index (κ2) is 9.53. The van der Waals surface area contributed by atoms with Crippen molar-refractivity contribution in [2.45, 2.75) is 31.7 Å². The lowest BCUT2D eigenvalue weighted by atomic mass is 10.0. The summed E-state index contributed by atoms with van der Waals surface area (Å²) in [6.07, 6.45) is 3.40. The minimum Gasteiger partial charge on any atom is -0.496 e. The summed E-state index contributed by atoms with van der Waals surface area (Å²) < 4.78 is 15.7. The molecule has 1 amide bonds. The second-order valence-corrected chi connectivity index (χ2v) is 5.75. The van der Waals surface area contributed by atoms with E-state index in [1.807, 2.05) is 23.1 Å². The van der Waals surface area contributed by atoms with Crippen LogP contribution >= 0.6 is 0 Å². The Morgan fingerprint density at radius 3 is 2.83 bits per heavy atom.